The van der Waals surface area contributed by atoms with Gasteiger partial charge in [0.2, 0.25) is 0 Å². The van der Waals surface area contributed by atoms with E-state index in [1.807, 2.05) is 0 Å². The molecule has 1 aliphatic rings. The summed E-state index contributed by atoms with van der Waals surface area (Å²) >= 11 is 0. The van der Waals surface area contributed by atoms with Gasteiger partial charge in [-0.1, -0.05) is 6.42 Å². The molecule has 1 aliphatic carbocycles. The number of hydrogen-bond acceptors (Lipinski definition) is 3. The Morgan fingerprint density at radius 3 is 2.52 bits per heavy atom. The fourth-order valence-corrected chi connectivity index (χ4v) is 2.37. The minimum absolute atomic E-state index is 0.0910. The molecule has 0 amide bonds. The lowest BCUT2D eigenvalue weighted by Crippen LogP contribution is -2.34. The largest absolute Gasteiger partial charge is 0.478 e. The molecule has 0 radical (unpaired) electrons. The zero-order chi connectivity index (χ0) is 15.6. The number of anilines is 1. The van der Waals surface area contributed by atoms with Crippen LogP contribution in [0, 0.1) is 5.92 Å². The highest BCUT2D eigenvalue weighted by molar-refractivity contribution is 5.93. The van der Waals surface area contributed by atoms with Gasteiger partial charge in [-0.05, 0) is 37.8 Å². The van der Waals surface area contributed by atoms with E-state index in [4.69, 9.17) is 5.11 Å². The predicted octanol–water partition coefficient (Wildman–Crippen LogP) is 3.43. The highest BCUT2D eigenvalue weighted by atomic mass is 19.4. The SMILES string of the molecule is CCN(CC1CCC1)c1nc(C(F)(F)F)ccc1C(=O)O. The van der Waals surface area contributed by atoms with Crippen molar-refractivity contribution < 1.29 is 23.1 Å². The Morgan fingerprint density at radius 1 is 1.43 bits per heavy atom. The minimum Gasteiger partial charge on any atom is -0.478 e. The molecule has 7 heteroatoms. The van der Waals surface area contributed by atoms with E-state index in [0.717, 1.165) is 25.3 Å². The molecule has 1 aromatic rings. The molecule has 2 rings (SSSR count). The van der Waals surface area contributed by atoms with E-state index in [1.54, 1.807) is 11.8 Å². The number of pyridine rings is 1. The van der Waals surface area contributed by atoms with Crippen molar-refractivity contribution >= 4 is 11.8 Å². The Balaban J connectivity index is 2.38. The summed E-state index contributed by atoms with van der Waals surface area (Å²) in [7, 11) is 0. The van der Waals surface area contributed by atoms with Crippen LogP contribution in [0.2, 0.25) is 0 Å². The highest BCUT2D eigenvalue weighted by Gasteiger charge is 2.34. The molecule has 0 atom stereocenters. The summed E-state index contributed by atoms with van der Waals surface area (Å²) in [4.78, 5) is 16.4. The molecule has 4 nitrogen and oxygen atoms in total. The van der Waals surface area contributed by atoms with E-state index in [0.29, 0.717) is 25.1 Å². The van der Waals surface area contributed by atoms with Gasteiger partial charge in [0.15, 0.2) is 0 Å². The van der Waals surface area contributed by atoms with E-state index in [-0.39, 0.29) is 11.4 Å². The zero-order valence-electron chi connectivity index (χ0n) is 11.7. The van der Waals surface area contributed by atoms with E-state index in [9.17, 15) is 18.0 Å². The summed E-state index contributed by atoms with van der Waals surface area (Å²) in [5.41, 5.74) is -1.25. The molecular weight excluding hydrogens is 285 g/mol. The summed E-state index contributed by atoms with van der Waals surface area (Å²) in [6.07, 6.45) is -1.42. The summed E-state index contributed by atoms with van der Waals surface area (Å²) in [6, 6.07) is 1.70. The molecule has 1 saturated carbocycles. The number of nitrogens with zero attached hydrogens (tertiary/aromatic N) is 2. The smallest absolute Gasteiger partial charge is 0.433 e. The number of carbonyl (C=O) groups is 1. The van der Waals surface area contributed by atoms with Crippen molar-refractivity contribution in [1.29, 1.82) is 0 Å². The monoisotopic (exact) mass is 302 g/mol. The number of carboxylic acids is 1. The van der Waals surface area contributed by atoms with Gasteiger partial charge in [0, 0.05) is 13.1 Å². The van der Waals surface area contributed by atoms with Crippen molar-refractivity contribution in [2.45, 2.75) is 32.4 Å². The Hall–Kier alpha value is -1.79. The molecule has 21 heavy (non-hydrogen) atoms. The number of alkyl halides is 3. The summed E-state index contributed by atoms with van der Waals surface area (Å²) in [6.45, 7) is 2.75. The maximum atomic E-state index is 12.8. The van der Waals surface area contributed by atoms with Crippen molar-refractivity contribution in [2.24, 2.45) is 5.92 Å². The molecule has 0 aliphatic heterocycles. The highest BCUT2D eigenvalue weighted by Crippen LogP contribution is 2.33. The van der Waals surface area contributed by atoms with Crippen LogP contribution in [-0.4, -0.2) is 29.1 Å². The van der Waals surface area contributed by atoms with Crippen LogP contribution < -0.4 is 4.90 Å². The maximum Gasteiger partial charge on any atom is 0.433 e. The van der Waals surface area contributed by atoms with Crippen LogP contribution in [0.3, 0.4) is 0 Å². The third-order valence-corrected chi connectivity index (χ3v) is 3.78. The molecule has 0 bridgehead atoms. The molecule has 1 heterocycles. The van der Waals surface area contributed by atoms with Gasteiger partial charge in [-0.25, -0.2) is 9.78 Å². The molecule has 0 aromatic carbocycles. The Morgan fingerprint density at radius 2 is 2.10 bits per heavy atom. The van der Waals surface area contributed by atoms with Gasteiger partial charge >= 0.3 is 12.1 Å². The average Bonchev–Trinajstić information content (AvgIpc) is 2.36. The van der Waals surface area contributed by atoms with E-state index >= 15 is 0 Å². The Labute approximate surface area is 120 Å². The van der Waals surface area contributed by atoms with Crippen LogP contribution in [0.4, 0.5) is 19.0 Å². The second kappa shape index (κ2) is 5.91. The first-order chi connectivity index (χ1) is 9.82. The van der Waals surface area contributed by atoms with Crippen molar-refractivity contribution in [3.63, 3.8) is 0 Å². The van der Waals surface area contributed by atoms with Crippen molar-refractivity contribution in [3.8, 4) is 0 Å². The molecule has 0 saturated heterocycles. The van der Waals surface area contributed by atoms with E-state index in [2.05, 4.69) is 4.98 Å². The molecule has 0 spiro atoms. The topological polar surface area (TPSA) is 53.4 Å². The van der Waals surface area contributed by atoms with Crippen molar-refractivity contribution in [3.05, 3.63) is 23.4 Å². The molecule has 116 valence electrons. The lowest BCUT2D eigenvalue weighted by molar-refractivity contribution is -0.141. The number of aromatic nitrogens is 1. The summed E-state index contributed by atoms with van der Waals surface area (Å²) in [5, 5.41) is 9.16. The Bertz CT molecular complexity index is 527. The minimum atomic E-state index is -4.58. The Kier molecular flexibility index (Phi) is 4.39. The standard InChI is InChI=1S/C14H17F3N2O2/c1-2-19(8-9-4-3-5-9)12-10(13(20)21)6-7-11(18-12)14(15,16)17/h6-7,9H,2-5,8H2,1H3,(H,20,21). The second-order valence-electron chi connectivity index (χ2n) is 5.21. The lowest BCUT2D eigenvalue weighted by Gasteiger charge is -2.33. The van der Waals surface area contributed by atoms with Gasteiger partial charge in [-0.3, -0.25) is 0 Å². The molecule has 1 N–H and O–H groups in total. The number of carboxylic acid groups (broad SMARTS) is 1. The van der Waals surface area contributed by atoms with Gasteiger partial charge in [0.1, 0.15) is 17.1 Å². The third-order valence-electron chi connectivity index (χ3n) is 3.78. The van der Waals surface area contributed by atoms with Crippen molar-refractivity contribution in [1.82, 2.24) is 4.98 Å². The summed E-state index contributed by atoms with van der Waals surface area (Å²) in [5.74, 6) is -0.951. The maximum absolute atomic E-state index is 12.8. The van der Waals surface area contributed by atoms with Gasteiger partial charge < -0.3 is 10.0 Å². The normalized spacial score (nSPS) is 15.6. The number of aromatic carboxylic acids is 1. The van der Waals surface area contributed by atoms with Gasteiger partial charge in [-0.2, -0.15) is 13.2 Å². The van der Waals surface area contributed by atoms with Crippen molar-refractivity contribution in [2.75, 3.05) is 18.0 Å². The van der Waals surface area contributed by atoms with Gasteiger partial charge in [0.25, 0.3) is 0 Å². The molecule has 1 fully saturated rings. The first kappa shape index (κ1) is 15.6. The number of hydrogen-bond donors (Lipinski definition) is 1. The van der Waals surface area contributed by atoms with Gasteiger partial charge in [0.05, 0.1) is 0 Å². The van der Waals surface area contributed by atoms with E-state index < -0.39 is 17.8 Å². The molecule has 1 aromatic heterocycles. The van der Waals surface area contributed by atoms with Crippen LogP contribution in [0.15, 0.2) is 12.1 Å². The summed E-state index contributed by atoms with van der Waals surface area (Å²) < 4.78 is 38.3. The second-order valence-corrected chi connectivity index (χ2v) is 5.21. The van der Waals surface area contributed by atoms with Crippen LogP contribution >= 0.6 is 0 Å². The third kappa shape index (κ3) is 3.46. The molecular formula is C14H17F3N2O2. The van der Waals surface area contributed by atoms with Crippen LogP contribution in [0.1, 0.15) is 42.2 Å². The lowest BCUT2D eigenvalue weighted by atomic mass is 9.85. The fraction of sp³-hybridized carbons (Fsp3) is 0.571. The first-order valence-corrected chi connectivity index (χ1v) is 6.89. The van der Waals surface area contributed by atoms with Gasteiger partial charge in [-0.15, -0.1) is 0 Å². The number of rotatable bonds is 5. The zero-order valence-corrected chi connectivity index (χ0v) is 11.7. The number of halogens is 3. The quantitative estimate of drug-likeness (QED) is 0.905. The van der Waals surface area contributed by atoms with Crippen LogP contribution in [-0.2, 0) is 6.18 Å². The first-order valence-electron chi connectivity index (χ1n) is 6.89. The van der Waals surface area contributed by atoms with E-state index in [1.165, 1.54) is 0 Å². The predicted molar refractivity (Wildman–Crippen MR) is 71.4 cm³/mol. The molecule has 0 unspecified atom stereocenters. The van der Waals surface area contributed by atoms with Crippen LogP contribution in [0.25, 0.3) is 0 Å². The van der Waals surface area contributed by atoms with Crippen LogP contribution in [0.5, 0.6) is 0 Å². The average molecular weight is 302 g/mol. The fourth-order valence-electron chi connectivity index (χ4n) is 2.37.